The Morgan fingerprint density at radius 2 is 2.13 bits per heavy atom. The van der Waals surface area contributed by atoms with E-state index < -0.39 is 17.7 Å². The Labute approximate surface area is 87.5 Å². The quantitative estimate of drug-likeness (QED) is 0.706. The van der Waals surface area contributed by atoms with Crippen LogP contribution < -0.4 is 11.5 Å². The monoisotopic (exact) mass is 207 g/mol. The molecule has 0 aliphatic rings. The minimum atomic E-state index is -0.494. The normalized spacial score (nSPS) is 12.0. The van der Waals surface area contributed by atoms with E-state index in [1.807, 2.05) is 0 Å². The lowest BCUT2D eigenvalue weighted by molar-refractivity contribution is -0.120. The lowest BCUT2D eigenvalue weighted by Gasteiger charge is -2.11. The van der Waals surface area contributed by atoms with Crippen LogP contribution in [0.2, 0.25) is 0 Å². The molecule has 0 bridgehead atoms. The second-order valence-electron chi connectivity index (χ2n) is 3.25. The Balaban J connectivity index is 2.75. The van der Waals surface area contributed by atoms with Gasteiger partial charge in [0.1, 0.15) is 0 Å². The number of carbonyl (C=O) groups excluding carboxylic acids is 2. The molecule has 0 radical (unpaired) electrons. The smallest absolute Gasteiger partial charge is 0.225 e. The van der Waals surface area contributed by atoms with E-state index in [9.17, 15) is 9.59 Å². The van der Waals surface area contributed by atoms with E-state index in [2.05, 4.69) is 4.98 Å². The summed E-state index contributed by atoms with van der Waals surface area (Å²) in [4.78, 5) is 25.7. The predicted octanol–water partition coefficient (Wildman–Crippen LogP) is -0.0840. The molecule has 2 amide bonds. The highest BCUT2D eigenvalue weighted by Crippen LogP contribution is 2.19. The summed E-state index contributed by atoms with van der Waals surface area (Å²) in [6.45, 7) is 0. The van der Waals surface area contributed by atoms with Gasteiger partial charge in [0.2, 0.25) is 11.8 Å². The van der Waals surface area contributed by atoms with Gasteiger partial charge in [-0.3, -0.25) is 14.6 Å². The molecular weight excluding hydrogens is 194 g/mol. The largest absolute Gasteiger partial charge is 0.370 e. The van der Waals surface area contributed by atoms with Crippen LogP contribution in [0.3, 0.4) is 0 Å². The zero-order valence-electron chi connectivity index (χ0n) is 8.22. The first-order valence-electron chi connectivity index (χ1n) is 4.59. The third kappa shape index (κ3) is 3.38. The Morgan fingerprint density at radius 3 is 2.60 bits per heavy atom. The molecule has 1 aromatic rings. The van der Waals surface area contributed by atoms with Crippen molar-refractivity contribution >= 4 is 11.8 Å². The lowest BCUT2D eigenvalue weighted by atomic mass is 9.95. The molecule has 5 nitrogen and oxygen atoms in total. The van der Waals surface area contributed by atoms with Crippen molar-refractivity contribution in [2.24, 2.45) is 11.5 Å². The summed E-state index contributed by atoms with van der Waals surface area (Å²) in [5.41, 5.74) is 11.0. The minimum absolute atomic E-state index is 0.141. The molecule has 0 aromatic carbocycles. The summed E-state index contributed by atoms with van der Waals surface area (Å²) in [5, 5.41) is 0. The molecule has 5 heteroatoms. The summed E-state index contributed by atoms with van der Waals surface area (Å²) < 4.78 is 0. The van der Waals surface area contributed by atoms with Gasteiger partial charge in [-0.05, 0) is 18.1 Å². The van der Waals surface area contributed by atoms with Crippen LogP contribution in [0.15, 0.2) is 24.5 Å². The third-order valence-electron chi connectivity index (χ3n) is 2.11. The predicted molar refractivity (Wildman–Crippen MR) is 54.6 cm³/mol. The van der Waals surface area contributed by atoms with E-state index >= 15 is 0 Å². The van der Waals surface area contributed by atoms with Gasteiger partial charge in [0.05, 0.1) is 5.92 Å². The molecule has 0 aliphatic heterocycles. The van der Waals surface area contributed by atoms with Gasteiger partial charge < -0.3 is 11.5 Å². The van der Waals surface area contributed by atoms with Gasteiger partial charge in [-0.25, -0.2) is 0 Å². The van der Waals surface area contributed by atoms with Crippen LogP contribution in [0.4, 0.5) is 0 Å². The van der Waals surface area contributed by atoms with E-state index in [1.165, 1.54) is 0 Å². The standard InChI is InChI=1S/C10H13N3O2/c11-9(14)4-3-8(10(12)15)7-2-1-5-13-6-7/h1-2,5-6,8H,3-4H2,(H2,11,14)(H2,12,15). The topological polar surface area (TPSA) is 99.1 Å². The first kappa shape index (κ1) is 11.2. The molecule has 1 aromatic heterocycles. The van der Waals surface area contributed by atoms with Gasteiger partial charge >= 0.3 is 0 Å². The maximum Gasteiger partial charge on any atom is 0.225 e. The van der Waals surface area contributed by atoms with Crippen LogP contribution in [-0.4, -0.2) is 16.8 Å². The van der Waals surface area contributed by atoms with E-state index in [0.717, 1.165) is 0 Å². The van der Waals surface area contributed by atoms with Crippen LogP contribution in [0.5, 0.6) is 0 Å². The maximum atomic E-state index is 11.2. The second-order valence-corrected chi connectivity index (χ2v) is 3.25. The number of hydrogen-bond acceptors (Lipinski definition) is 3. The number of nitrogens with two attached hydrogens (primary N) is 2. The van der Waals surface area contributed by atoms with Gasteiger partial charge in [-0.1, -0.05) is 6.07 Å². The van der Waals surface area contributed by atoms with Crippen molar-refractivity contribution in [3.05, 3.63) is 30.1 Å². The SMILES string of the molecule is NC(=O)CCC(C(N)=O)c1cccnc1. The number of aromatic nitrogens is 1. The molecule has 80 valence electrons. The molecule has 0 saturated heterocycles. The van der Waals surface area contributed by atoms with Gasteiger partial charge in [0.25, 0.3) is 0 Å². The highest BCUT2D eigenvalue weighted by Gasteiger charge is 2.18. The molecule has 0 fully saturated rings. The van der Waals surface area contributed by atoms with Gasteiger partial charge in [0.15, 0.2) is 0 Å². The molecule has 0 saturated carbocycles. The first-order valence-corrected chi connectivity index (χ1v) is 4.59. The Bertz CT molecular complexity index is 351. The van der Waals surface area contributed by atoms with Crippen LogP contribution in [-0.2, 0) is 9.59 Å². The number of primary amides is 2. The second kappa shape index (κ2) is 5.09. The number of hydrogen-bond donors (Lipinski definition) is 2. The first-order chi connectivity index (χ1) is 7.11. The summed E-state index contributed by atoms with van der Waals surface area (Å²) in [5.74, 6) is -1.40. The van der Waals surface area contributed by atoms with Crippen LogP contribution in [0.1, 0.15) is 24.3 Å². The third-order valence-corrected chi connectivity index (χ3v) is 2.11. The number of nitrogens with zero attached hydrogens (tertiary/aromatic N) is 1. The zero-order valence-corrected chi connectivity index (χ0v) is 8.22. The van der Waals surface area contributed by atoms with Crippen LogP contribution in [0, 0.1) is 0 Å². The number of carbonyl (C=O) groups is 2. The van der Waals surface area contributed by atoms with Gasteiger partial charge in [0, 0.05) is 18.8 Å². The molecule has 4 N–H and O–H groups in total. The maximum absolute atomic E-state index is 11.2. The fraction of sp³-hybridized carbons (Fsp3) is 0.300. The number of amides is 2. The van der Waals surface area contributed by atoms with Crippen molar-refractivity contribution < 1.29 is 9.59 Å². The van der Waals surface area contributed by atoms with Gasteiger partial charge in [-0.2, -0.15) is 0 Å². The Kier molecular flexibility index (Phi) is 3.79. The van der Waals surface area contributed by atoms with Crippen molar-refractivity contribution in [1.82, 2.24) is 4.98 Å². The molecular formula is C10H13N3O2. The van der Waals surface area contributed by atoms with Crippen molar-refractivity contribution in [2.45, 2.75) is 18.8 Å². The van der Waals surface area contributed by atoms with Crippen LogP contribution in [0.25, 0.3) is 0 Å². The van der Waals surface area contributed by atoms with E-state index in [1.54, 1.807) is 24.5 Å². The molecule has 15 heavy (non-hydrogen) atoms. The molecule has 1 unspecified atom stereocenters. The van der Waals surface area contributed by atoms with Crippen molar-refractivity contribution in [3.8, 4) is 0 Å². The highest BCUT2D eigenvalue weighted by molar-refractivity contribution is 5.83. The number of rotatable bonds is 5. The highest BCUT2D eigenvalue weighted by atomic mass is 16.1. The van der Waals surface area contributed by atoms with Gasteiger partial charge in [-0.15, -0.1) is 0 Å². The molecule has 0 aliphatic carbocycles. The fourth-order valence-electron chi connectivity index (χ4n) is 1.34. The lowest BCUT2D eigenvalue weighted by Crippen LogP contribution is -2.23. The Morgan fingerprint density at radius 1 is 1.40 bits per heavy atom. The average molecular weight is 207 g/mol. The molecule has 1 atom stereocenters. The summed E-state index contributed by atoms with van der Waals surface area (Å²) in [6.07, 6.45) is 3.64. The van der Waals surface area contributed by atoms with Crippen molar-refractivity contribution in [3.63, 3.8) is 0 Å². The van der Waals surface area contributed by atoms with Crippen LogP contribution >= 0.6 is 0 Å². The van der Waals surface area contributed by atoms with Crippen molar-refractivity contribution in [1.29, 1.82) is 0 Å². The van der Waals surface area contributed by atoms with E-state index in [0.29, 0.717) is 12.0 Å². The molecule has 0 spiro atoms. The summed E-state index contributed by atoms with van der Waals surface area (Å²) in [6, 6.07) is 3.47. The molecule has 1 rings (SSSR count). The summed E-state index contributed by atoms with van der Waals surface area (Å²) >= 11 is 0. The molecule has 1 heterocycles. The summed E-state index contributed by atoms with van der Waals surface area (Å²) in [7, 11) is 0. The zero-order chi connectivity index (χ0) is 11.3. The number of pyridine rings is 1. The Hall–Kier alpha value is -1.91. The van der Waals surface area contributed by atoms with E-state index in [-0.39, 0.29) is 6.42 Å². The fourth-order valence-corrected chi connectivity index (χ4v) is 1.34. The average Bonchev–Trinajstić information content (AvgIpc) is 2.18. The minimum Gasteiger partial charge on any atom is -0.370 e. The van der Waals surface area contributed by atoms with E-state index in [4.69, 9.17) is 11.5 Å². The van der Waals surface area contributed by atoms with Crippen molar-refractivity contribution in [2.75, 3.05) is 0 Å².